The first-order chi connectivity index (χ1) is 11.8. The summed E-state index contributed by atoms with van der Waals surface area (Å²) in [4.78, 5) is 0. The maximum Gasteiger partial charge on any atom is 0.134 e. The zero-order chi connectivity index (χ0) is 16.4. The molecule has 0 aromatic heterocycles. The van der Waals surface area contributed by atoms with Crippen LogP contribution in [0.2, 0.25) is 0 Å². The molecule has 0 saturated heterocycles. The topological polar surface area (TPSA) is 9.23 Å². The molecule has 0 bridgehead atoms. The van der Waals surface area contributed by atoms with Gasteiger partial charge in [0, 0.05) is 0 Å². The van der Waals surface area contributed by atoms with Gasteiger partial charge in [0.15, 0.2) is 0 Å². The Morgan fingerprint density at radius 1 is 0.750 bits per heavy atom. The Morgan fingerprint density at radius 3 is 2.21 bits per heavy atom. The fourth-order valence-corrected chi connectivity index (χ4v) is 3.64. The zero-order valence-electron chi connectivity index (χ0n) is 13.5. The summed E-state index contributed by atoms with van der Waals surface area (Å²) >= 11 is 3.65. The van der Waals surface area contributed by atoms with E-state index in [1.807, 2.05) is 18.2 Å². The van der Waals surface area contributed by atoms with Crippen LogP contribution in [0.25, 0.3) is 0 Å². The van der Waals surface area contributed by atoms with Crippen molar-refractivity contribution in [1.82, 2.24) is 0 Å². The van der Waals surface area contributed by atoms with Gasteiger partial charge in [-0.1, -0.05) is 54.6 Å². The Hall–Kier alpha value is -2.06. The summed E-state index contributed by atoms with van der Waals surface area (Å²) < 4.78 is 6.94. The van der Waals surface area contributed by atoms with E-state index in [1.54, 1.807) is 0 Å². The molecule has 0 radical (unpaired) electrons. The summed E-state index contributed by atoms with van der Waals surface area (Å²) in [6.45, 7) is 0.587. The van der Waals surface area contributed by atoms with Gasteiger partial charge in [0.2, 0.25) is 0 Å². The number of benzene rings is 3. The number of rotatable bonds is 5. The minimum Gasteiger partial charge on any atom is -0.488 e. The van der Waals surface area contributed by atoms with E-state index < -0.39 is 0 Å². The molecule has 4 rings (SSSR count). The molecule has 0 heterocycles. The molecule has 1 aliphatic carbocycles. The molecule has 24 heavy (non-hydrogen) atoms. The minimum atomic E-state index is 0.587. The molecule has 0 saturated carbocycles. The second kappa shape index (κ2) is 6.82. The lowest BCUT2D eigenvalue weighted by molar-refractivity contribution is 0.304. The normalized spacial score (nSPS) is 12.4. The van der Waals surface area contributed by atoms with Crippen molar-refractivity contribution in [2.75, 3.05) is 0 Å². The van der Waals surface area contributed by atoms with E-state index in [4.69, 9.17) is 4.74 Å². The highest BCUT2D eigenvalue weighted by Gasteiger charge is 2.13. The Morgan fingerprint density at radius 2 is 1.50 bits per heavy atom. The molecule has 0 amide bonds. The molecule has 3 aromatic carbocycles. The number of hydrogen-bond donors (Lipinski definition) is 0. The lowest BCUT2D eigenvalue weighted by Gasteiger charge is -2.19. The Kier molecular flexibility index (Phi) is 4.40. The third-order valence-corrected chi connectivity index (χ3v) is 5.20. The second-order valence-electron chi connectivity index (χ2n) is 6.32. The quantitative estimate of drug-likeness (QED) is 0.551. The van der Waals surface area contributed by atoms with Crippen LogP contribution in [-0.4, -0.2) is 0 Å². The molecule has 2 heteroatoms. The van der Waals surface area contributed by atoms with Gasteiger partial charge in [-0.25, -0.2) is 0 Å². The third kappa shape index (κ3) is 3.39. The smallest absolute Gasteiger partial charge is 0.134 e. The number of hydrogen-bond acceptors (Lipinski definition) is 1. The molecule has 0 fully saturated rings. The molecule has 0 atom stereocenters. The van der Waals surface area contributed by atoms with Crippen LogP contribution >= 0.6 is 15.9 Å². The van der Waals surface area contributed by atoms with E-state index in [2.05, 4.69) is 64.5 Å². The molecule has 0 aliphatic heterocycles. The number of fused-ring (bicyclic) bond motifs is 1. The van der Waals surface area contributed by atoms with Gasteiger partial charge >= 0.3 is 0 Å². The van der Waals surface area contributed by atoms with Crippen molar-refractivity contribution in [3.8, 4) is 5.75 Å². The highest BCUT2D eigenvalue weighted by molar-refractivity contribution is 9.10. The van der Waals surface area contributed by atoms with Crippen molar-refractivity contribution in [2.45, 2.75) is 25.9 Å². The molecule has 1 aliphatic rings. The molecule has 3 aromatic rings. The summed E-state index contributed by atoms with van der Waals surface area (Å²) in [7, 11) is 0. The van der Waals surface area contributed by atoms with Gasteiger partial charge < -0.3 is 4.74 Å². The third-order valence-electron chi connectivity index (χ3n) is 4.58. The largest absolute Gasteiger partial charge is 0.488 e. The first-order valence-corrected chi connectivity index (χ1v) is 9.13. The molecular weight excluding hydrogens is 360 g/mol. The van der Waals surface area contributed by atoms with Gasteiger partial charge in [0.05, 0.1) is 4.47 Å². The van der Waals surface area contributed by atoms with Gasteiger partial charge in [-0.15, -0.1) is 0 Å². The van der Waals surface area contributed by atoms with Crippen molar-refractivity contribution in [1.29, 1.82) is 0 Å². The van der Waals surface area contributed by atoms with Gasteiger partial charge in [-0.2, -0.15) is 0 Å². The van der Waals surface area contributed by atoms with E-state index in [-0.39, 0.29) is 0 Å². The SMILES string of the molecule is Brc1cc(Cc2ccc3c(c2)CC3)ccc1OCc1ccccc1. The Labute approximate surface area is 151 Å². The van der Waals surface area contributed by atoms with Crippen LogP contribution in [0.3, 0.4) is 0 Å². The molecule has 120 valence electrons. The monoisotopic (exact) mass is 378 g/mol. The number of ether oxygens (including phenoxy) is 1. The van der Waals surface area contributed by atoms with Crippen LogP contribution in [0.5, 0.6) is 5.75 Å². The van der Waals surface area contributed by atoms with Gasteiger partial charge in [-0.3, -0.25) is 0 Å². The first kappa shape index (κ1) is 15.5. The van der Waals surface area contributed by atoms with Crippen LogP contribution < -0.4 is 4.74 Å². The fourth-order valence-electron chi connectivity index (χ4n) is 3.10. The first-order valence-electron chi connectivity index (χ1n) is 8.34. The molecule has 0 N–H and O–H groups in total. The standard InChI is InChI=1S/C22H19BrO/c23-21-14-18(12-17-6-8-19-9-10-20(19)13-17)7-11-22(21)24-15-16-4-2-1-3-5-16/h1-8,11,13-14H,9-10,12,15H2. The highest BCUT2D eigenvalue weighted by Crippen LogP contribution is 2.29. The zero-order valence-corrected chi connectivity index (χ0v) is 15.1. The Balaban J connectivity index is 1.44. The molecular formula is C22H19BrO. The van der Waals surface area contributed by atoms with E-state index in [0.717, 1.165) is 16.6 Å². The molecule has 1 nitrogen and oxygen atoms in total. The van der Waals surface area contributed by atoms with Crippen molar-refractivity contribution < 1.29 is 4.74 Å². The van der Waals surface area contributed by atoms with Crippen LogP contribution in [0.15, 0.2) is 71.2 Å². The maximum absolute atomic E-state index is 5.93. The summed E-state index contributed by atoms with van der Waals surface area (Å²) in [6.07, 6.45) is 3.44. The summed E-state index contributed by atoms with van der Waals surface area (Å²) in [6, 6.07) is 23.5. The average Bonchev–Trinajstić information content (AvgIpc) is 2.58. The summed E-state index contributed by atoms with van der Waals surface area (Å²) in [5.41, 5.74) is 6.90. The van der Waals surface area contributed by atoms with E-state index >= 15 is 0 Å². The summed E-state index contributed by atoms with van der Waals surface area (Å²) in [5.74, 6) is 0.889. The lowest BCUT2D eigenvalue weighted by atomic mass is 9.86. The average molecular weight is 379 g/mol. The number of halogens is 1. The van der Waals surface area contributed by atoms with Crippen LogP contribution in [0.4, 0.5) is 0 Å². The number of aryl methyl sites for hydroxylation is 2. The predicted octanol–water partition coefficient (Wildman–Crippen LogP) is 5.72. The molecule has 0 spiro atoms. The fraction of sp³-hybridized carbons (Fsp3) is 0.182. The van der Waals surface area contributed by atoms with Crippen molar-refractivity contribution >= 4 is 15.9 Å². The summed E-state index contributed by atoms with van der Waals surface area (Å²) in [5, 5.41) is 0. The highest BCUT2D eigenvalue weighted by atomic mass is 79.9. The van der Waals surface area contributed by atoms with Crippen molar-refractivity contribution in [2.24, 2.45) is 0 Å². The second-order valence-corrected chi connectivity index (χ2v) is 7.17. The van der Waals surface area contributed by atoms with Crippen LogP contribution in [0, 0.1) is 0 Å². The minimum absolute atomic E-state index is 0.587. The predicted molar refractivity (Wildman–Crippen MR) is 102 cm³/mol. The molecule has 0 unspecified atom stereocenters. The van der Waals surface area contributed by atoms with E-state index in [1.165, 1.54) is 40.7 Å². The van der Waals surface area contributed by atoms with E-state index in [0.29, 0.717) is 6.61 Å². The van der Waals surface area contributed by atoms with E-state index in [9.17, 15) is 0 Å². The van der Waals surface area contributed by atoms with Crippen molar-refractivity contribution in [3.05, 3.63) is 99.0 Å². The van der Waals surface area contributed by atoms with Gasteiger partial charge in [0.1, 0.15) is 12.4 Å². The lowest BCUT2D eigenvalue weighted by Crippen LogP contribution is -2.08. The van der Waals surface area contributed by atoms with Gasteiger partial charge in [-0.05, 0) is 75.1 Å². The Bertz CT molecular complexity index is 855. The van der Waals surface area contributed by atoms with Crippen LogP contribution in [0.1, 0.15) is 27.8 Å². The van der Waals surface area contributed by atoms with Gasteiger partial charge in [0.25, 0.3) is 0 Å². The van der Waals surface area contributed by atoms with Crippen molar-refractivity contribution in [3.63, 3.8) is 0 Å². The maximum atomic E-state index is 5.93. The van der Waals surface area contributed by atoms with Crippen LogP contribution in [-0.2, 0) is 25.9 Å².